The molecule has 0 saturated heterocycles. The van der Waals surface area contributed by atoms with Crippen molar-refractivity contribution in [1.82, 2.24) is 9.55 Å². The van der Waals surface area contributed by atoms with Crippen molar-refractivity contribution in [2.45, 2.75) is 12.8 Å². The first kappa shape index (κ1) is 12.7. The van der Waals surface area contributed by atoms with Gasteiger partial charge in [0, 0.05) is 26.2 Å². The van der Waals surface area contributed by atoms with E-state index in [1.165, 1.54) is 11.1 Å². The number of anilines is 1. The highest BCUT2D eigenvalue weighted by Crippen LogP contribution is 2.20. The average Bonchev–Trinajstić information content (AvgIpc) is 2.82. The Morgan fingerprint density at radius 3 is 2.60 bits per heavy atom. The number of aryl methyl sites for hydroxylation is 3. The molecule has 0 atom stereocenters. The summed E-state index contributed by atoms with van der Waals surface area (Å²) < 4.78 is 2.19. The summed E-state index contributed by atoms with van der Waals surface area (Å²) in [6.45, 7) is 0. The summed E-state index contributed by atoms with van der Waals surface area (Å²) in [5.41, 5.74) is 4.72. The Balaban J connectivity index is 1.86. The molecule has 3 aromatic rings. The van der Waals surface area contributed by atoms with E-state index in [1.807, 2.05) is 7.05 Å². The summed E-state index contributed by atoms with van der Waals surface area (Å²) in [6.07, 6.45) is 1.99. The molecule has 0 saturated carbocycles. The van der Waals surface area contributed by atoms with Crippen molar-refractivity contribution in [3.05, 3.63) is 59.9 Å². The van der Waals surface area contributed by atoms with Crippen molar-refractivity contribution >= 4 is 16.7 Å². The fraction of sp³-hybridized carbons (Fsp3) is 0.235. The van der Waals surface area contributed by atoms with E-state index < -0.39 is 0 Å². The van der Waals surface area contributed by atoms with E-state index in [9.17, 15) is 0 Å². The van der Waals surface area contributed by atoms with E-state index in [0.717, 1.165) is 29.9 Å². The van der Waals surface area contributed by atoms with E-state index >= 15 is 0 Å². The highest BCUT2D eigenvalue weighted by atomic mass is 15.1. The second-order valence-corrected chi connectivity index (χ2v) is 5.03. The third kappa shape index (κ3) is 2.39. The summed E-state index contributed by atoms with van der Waals surface area (Å²) in [4.78, 5) is 4.74. The van der Waals surface area contributed by atoms with E-state index in [0.29, 0.717) is 0 Å². The number of hydrogen-bond donors (Lipinski definition) is 1. The third-order valence-electron chi connectivity index (χ3n) is 3.74. The lowest BCUT2D eigenvalue weighted by Crippen LogP contribution is -2.00. The molecule has 1 heterocycles. The molecule has 0 aliphatic rings. The molecule has 20 heavy (non-hydrogen) atoms. The lowest BCUT2D eigenvalue weighted by atomic mass is 10.1. The Morgan fingerprint density at radius 2 is 1.85 bits per heavy atom. The van der Waals surface area contributed by atoms with E-state index in [4.69, 9.17) is 4.98 Å². The smallest absolute Gasteiger partial charge is 0.109 e. The molecule has 3 rings (SSSR count). The van der Waals surface area contributed by atoms with E-state index in [-0.39, 0.29) is 0 Å². The second-order valence-electron chi connectivity index (χ2n) is 5.03. The van der Waals surface area contributed by atoms with Crippen molar-refractivity contribution in [2.75, 3.05) is 12.4 Å². The molecule has 0 spiro atoms. The topological polar surface area (TPSA) is 29.9 Å². The monoisotopic (exact) mass is 265 g/mol. The highest BCUT2D eigenvalue weighted by molar-refractivity contribution is 5.80. The summed E-state index contributed by atoms with van der Waals surface area (Å²) in [5.74, 6) is 1.14. The standard InChI is InChI=1S/C17H19N3/c1-18-14-9-10-15-16(12-14)20(2)17(19-15)11-8-13-6-4-3-5-7-13/h3-7,9-10,12,18H,8,11H2,1-2H3. The van der Waals surface area contributed by atoms with Gasteiger partial charge in [0.1, 0.15) is 5.82 Å². The molecule has 0 aliphatic carbocycles. The van der Waals surface area contributed by atoms with Gasteiger partial charge in [-0.1, -0.05) is 30.3 Å². The Kier molecular flexibility index (Phi) is 3.42. The number of rotatable bonds is 4. The number of imidazole rings is 1. The molecule has 0 radical (unpaired) electrons. The lowest BCUT2D eigenvalue weighted by molar-refractivity contribution is 0.787. The zero-order chi connectivity index (χ0) is 13.9. The quantitative estimate of drug-likeness (QED) is 0.783. The van der Waals surface area contributed by atoms with Gasteiger partial charge in [-0.25, -0.2) is 4.98 Å². The Labute approximate surface area is 119 Å². The molecule has 1 aromatic heterocycles. The van der Waals surface area contributed by atoms with Gasteiger partial charge in [-0.05, 0) is 30.2 Å². The van der Waals surface area contributed by atoms with Crippen LogP contribution in [0.4, 0.5) is 5.69 Å². The van der Waals surface area contributed by atoms with Gasteiger partial charge in [0.05, 0.1) is 11.0 Å². The minimum absolute atomic E-state index is 0.962. The van der Waals surface area contributed by atoms with Crippen LogP contribution in [0.3, 0.4) is 0 Å². The average molecular weight is 265 g/mol. The molecule has 3 heteroatoms. The predicted octanol–water partition coefficient (Wildman–Crippen LogP) is 3.40. The van der Waals surface area contributed by atoms with Crippen LogP contribution in [0.15, 0.2) is 48.5 Å². The van der Waals surface area contributed by atoms with Crippen molar-refractivity contribution in [3.63, 3.8) is 0 Å². The molecular weight excluding hydrogens is 246 g/mol. The van der Waals surface area contributed by atoms with Gasteiger partial charge in [0.2, 0.25) is 0 Å². The zero-order valence-corrected chi connectivity index (χ0v) is 11.9. The maximum atomic E-state index is 4.74. The SMILES string of the molecule is CNc1ccc2nc(CCc3ccccc3)n(C)c2c1. The van der Waals surface area contributed by atoms with Crippen LogP contribution in [0.2, 0.25) is 0 Å². The summed E-state index contributed by atoms with van der Waals surface area (Å²) >= 11 is 0. The molecule has 102 valence electrons. The first-order valence-electron chi connectivity index (χ1n) is 6.95. The minimum atomic E-state index is 0.962. The third-order valence-corrected chi connectivity index (χ3v) is 3.74. The van der Waals surface area contributed by atoms with Gasteiger partial charge < -0.3 is 9.88 Å². The van der Waals surface area contributed by atoms with Gasteiger partial charge >= 0.3 is 0 Å². The molecule has 0 aliphatic heterocycles. The van der Waals surface area contributed by atoms with Crippen LogP contribution in [0, 0.1) is 0 Å². The van der Waals surface area contributed by atoms with Crippen molar-refractivity contribution in [2.24, 2.45) is 7.05 Å². The number of nitrogens with zero attached hydrogens (tertiary/aromatic N) is 2. The number of hydrogen-bond acceptors (Lipinski definition) is 2. The van der Waals surface area contributed by atoms with Crippen LogP contribution in [0.25, 0.3) is 11.0 Å². The van der Waals surface area contributed by atoms with E-state index in [2.05, 4.69) is 65.5 Å². The second kappa shape index (κ2) is 5.37. The molecular formula is C17H19N3. The summed E-state index contributed by atoms with van der Waals surface area (Å²) in [7, 11) is 4.03. The van der Waals surface area contributed by atoms with Crippen LogP contribution >= 0.6 is 0 Å². The van der Waals surface area contributed by atoms with Crippen LogP contribution in [0.5, 0.6) is 0 Å². The van der Waals surface area contributed by atoms with Crippen molar-refractivity contribution < 1.29 is 0 Å². The fourth-order valence-electron chi connectivity index (χ4n) is 2.52. The van der Waals surface area contributed by atoms with Crippen molar-refractivity contribution in [3.8, 4) is 0 Å². The van der Waals surface area contributed by atoms with Crippen LogP contribution in [-0.2, 0) is 19.9 Å². The first-order valence-corrected chi connectivity index (χ1v) is 6.95. The molecule has 0 unspecified atom stereocenters. The molecule has 1 N–H and O–H groups in total. The van der Waals surface area contributed by atoms with Crippen LogP contribution < -0.4 is 5.32 Å². The van der Waals surface area contributed by atoms with Crippen LogP contribution in [0.1, 0.15) is 11.4 Å². The Bertz CT molecular complexity index is 714. The number of nitrogens with one attached hydrogen (secondary N) is 1. The maximum absolute atomic E-state index is 4.74. The molecule has 0 bridgehead atoms. The minimum Gasteiger partial charge on any atom is -0.388 e. The van der Waals surface area contributed by atoms with Gasteiger partial charge in [-0.15, -0.1) is 0 Å². The molecule has 0 fully saturated rings. The summed E-state index contributed by atoms with van der Waals surface area (Å²) in [5, 5.41) is 3.17. The number of aromatic nitrogens is 2. The van der Waals surface area contributed by atoms with E-state index in [1.54, 1.807) is 0 Å². The van der Waals surface area contributed by atoms with Gasteiger partial charge in [-0.2, -0.15) is 0 Å². The molecule has 3 nitrogen and oxygen atoms in total. The number of fused-ring (bicyclic) bond motifs is 1. The van der Waals surface area contributed by atoms with Gasteiger partial charge in [-0.3, -0.25) is 0 Å². The number of benzene rings is 2. The fourth-order valence-corrected chi connectivity index (χ4v) is 2.52. The maximum Gasteiger partial charge on any atom is 0.109 e. The normalized spacial score (nSPS) is 10.9. The zero-order valence-electron chi connectivity index (χ0n) is 11.9. The summed E-state index contributed by atoms with van der Waals surface area (Å²) in [6, 6.07) is 16.9. The predicted molar refractivity (Wildman–Crippen MR) is 84.1 cm³/mol. The Morgan fingerprint density at radius 1 is 1.05 bits per heavy atom. The Hall–Kier alpha value is -2.29. The van der Waals surface area contributed by atoms with Crippen molar-refractivity contribution in [1.29, 1.82) is 0 Å². The highest BCUT2D eigenvalue weighted by Gasteiger charge is 2.08. The lowest BCUT2D eigenvalue weighted by Gasteiger charge is -2.04. The molecule has 0 amide bonds. The van der Waals surface area contributed by atoms with Crippen LogP contribution in [-0.4, -0.2) is 16.6 Å². The van der Waals surface area contributed by atoms with Gasteiger partial charge in [0.15, 0.2) is 0 Å². The van der Waals surface area contributed by atoms with Gasteiger partial charge in [0.25, 0.3) is 0 Å². The molecule has 2 aromatic carbocycles. The largest absolute Gasteiger partial charge is 0.388 e. The first-order chi connectivity index (χ1) is 9.78.